The third-order valence-electron chi connectivity index (χ3n) is 0.566. The molecule has 0 unspecified atom stereocenters. The highest BCUT2D eigenvalue weighted by Gasteiger charge is 2.53. The number of rotatable bonds is 2. The van der Waals surface area contributed by atoms with Gasteiger partial charge in [0.15, 0.2) is 0 Å². The first-order valence-corrected chi connectivity index (χ1v) is 2.78. The molecule has 0 N–H and O–H groups in total. The molecule has 0 rings (SSSR count). The third-order valence-corrected chi connectivity index (χ3v) is 1.02. The van der Waals surface area contributed by atoms with E-state index in [0.29, 0.717) is 0 Å². The Morgan fingerprint density at radius 1 is 1.09 bits per heavy atom. The number of hydrogen-bond donors (Lipinski definition) is 0. The average Bonchev–Trinajstić information content (AvgIpc) is 1.56. The van der Waals surface area contributed by atoms with E-state index >= 15 is 0 Å². The van der Waals surface area contributed by atoms with Crippen molar-refractivity contribution in [1.29, 1.82) is 0 Å². The maximum atomic E-state index is 11.9. The van der Waals surface area contributed by atoms with E-state index in [1.807, 2.05) is 0 Å². The summed E-state index contributed by atoms with van der Waals surface area (Å²) in [6, 6.07) is -4.84. The van der Waals surface area contributed by atoms with Gasteiger partial charge in [0.05, 0.1) is 0 Å². The number of nitrogens with zero attached hydrogens (tertiary/aromatic N) is 1. The molecule has 0 amide bonds. The van der Waals surface area contributed by atoms with Crippen molar-refractivity contribution >= 4 is 29.4 Å². The van der Waals surface area contributed by atoms with Crippen molar-refractivity contribution in [2.75, 3.05) is 0 Å². The lowest BCUT2D eigenvalue weighted by atomic mass is 10.6. The van der Waals surface area contributed by atoms with E-state index in [1.54, 1.807) is 0 Å². The SMILES string of the molecule is FC(F)=NC(F)(F)C(F)(Cl)Cl. The fourth-order valence-electron chi connectivity index (χ4n) is 0.170. The van der Waals surface area contributed by atoms with Crippen molar-refractivity contribution in [1.82, 2.24) is 0 Å². The van der Waals surface area contributed by atoms with E-state index in [1.165, 1.54) is 4.99 Å². The van der Waals surface area contributed by atoms with E-state index in [4.69, 9.17) is 0 Å². The minimum absolute atomic E-state index is 1.29. The van der Waals surface area contributed by atoms with Crippen LogP contribution >= 0.6 is 23.2 Å². The molecule has 0 spiro atoms. The first-order valence-electron chi connectivity index (χ1n) is 2.02. The Kier molecular flexibility index (Phi) is 3.07. The summed E-state index contributed by atoms with van der Waals surface area (Å²) in [4.78, 5) is 1.29. The van der Waals surface area contributed by atoms with Gasteiger partial charge in [-0.05, 0) is 0 Å². The van der Waals surface area contributed by atoms with Crippen LogP contribution in [-0.4, -0.2) is 16.9 Å². The molecule has 0 saturated carbocycles. The van der Waals surface area contributed by atoms with E-state index in [9.17, 15) is 22.0 Å². The topological polar surface area (TPSA) is 12.4 Å². The number of alkyl halides is 5. The summed E-state index contributed by atoms with van der Waals surface area (Å²) in [5.41, 5.74) is 0. The lowest BCUT2D eigenvalue weighted by molar-refractivity contribution is -0.0514. The summed E-state index contributed by atoms with van der Waals surface area (Å²) < 4.78 is 53.6. The predicted octanol–water partition coefficient (Wildman–Crippen LogP) is 2.98. The van der Waals surface area contributed by atoms with Gasteiger partial charge in [-0.1, -0.05) is 23.2 Å². The second-order valence-electron chi connectivity index (χ2n) is 1.39. The first kappa shape index (κ1) is 10.9. The highest BCUT2D eigenvalue weighted by molar-refractivity contribution is 6.47. The van der Waals surface area contributed by atoms with Crippen molar-refractivity contribution in [3.8, 4) is 0 Å². The number of halogens is 7. The van der Waals surface area contributed by atoms with Crippen LogP contribution in [0.15, 0.2) is 4.99 Å². The smallest absolute Gasteiger partial charge is 0.199 e. The zero-order valence-corrected chi connectivity index (χ0v) is 6.10. The van der Waals surface area contributed by atoms with Crippen LogP contribution in [0.3, 0.4) is 0 Å². The lowest BCUT2D eigenvalue weighted by Gasteiger charge is -2.16. The summed E-state index contributed by atoms with van der Waals surface area (Å²) in [6.07, 6.45) is -3.00. The van der Waals surface area contributed by atoms with Gasteiger partial charge in [0.2, 0.25) is 0 Å². The molecular weight excluding hydrogens is 216 g/mol. The van der Waals surface area contributed by atoms with Crippen molar-refractivity contribution in [2.24, 2.45) is 4.99 Å². The molecule has 0 aliphatic carbocycles. The van der Waals surface area contributed by atoms with Crippen molar-refractivity contribution in [3.05, 3.63) is 0 Å². The Hall–Kier alpha value is -0.100. The van der Waals surface area contributed by atoms with Crippen LogP contribution in [0.25, 0.3) is 0 Å². The monoisotopic (exact) mass is 215 g/mol. The standard InChI is InChI=1S/C3Cl2F5N/c4-2(5,8)3(9,10)11-1(6)7. The molecule has 0 aromatic carbocycles. The van der Waals surface area contributed by atoms with Crippen molar-refractivity contribution in [3.63, 3.8) is 0 Å². The van der Waals surface area contributed by atoms with Gasteiger partial charge < -0.3 is 0 Å². The molecule has 66 valence electrons. The van der Waals surface area contributed by atoms with Crippen LogP contribution < -0.4 is 0 Å². The van der Waals surface area contributed by atoms with Gasteiger partial charge in [0.25, 0.3) is 0 Å². The maximum Gasteiger partial charge on any atom is 0.408 e. The number of hydrogen-bond acceptors (Lipinski definition) is 1. The van der Waals surface area contributed by atoms with Gasteiger partial charge >= 0.3 is 16.9 Å². The first-order chi connectivity index (χ1) is 4.67. The zero-order valence-electron chi connectivity index (χ0n) is 4.59. The molecule has 0 atom stereocenters. The van der Waals surface area contributed by atoms with Crippen LogP contribution in [0.5, 0.6) is 0 Å². The van der Waals surface area contributed by atoms with Crippen LogP contribution in [0.4, 0.5) is 22.0 Å². The summed E-state index contributed by atoms with van der Waals surface area (Å²) in [5.74, 6) is 0. The molecule has 1 nitrogen and oxygen atoms in total. The van der Waals surface area contributed by atoms with E-state index in [2.05, 4.69) is 23.2 Å². The number of aliphatic imine (C=N–C) groups is 1. The fraction of sp³-hybridized carbons (Fsp3) is 0.667. The molecule has 0 fully saturated rings. The highest BCUT2D eigenvalue weighted by Crippen LogP contribution is 2.41. The maximum absolute atomic E-state index is 11.9. The van der Waals surface area contributed by atoms with Gasteiger partial charge in [-0.2, -0.15) is 26.9 Å². The Morgan fingerprint density at radius 3 is 1.55 bits per heavy atom. The van der Waals surface area contributed by atoms with Crippen LogP contribution in [0.2, 0.25) is 0 Å². The van der Waals surface area contributed by atoms with Gasteiger partial charge in [-0.15, -0.1) is 0 Å². The van der Waals surface area contributed by atoms with Gasteiger partial charge in [0.1, 0.15) is 0 Å². The molecule has 11 heavy (non-hydrogen) atoms. The van der Waals surface area contributed by atoms with Gasteiger partial charge in [-0.3, -0.25) is 0 Å². The Bertz CT molecular complexity index is 169. The molecule has 0 saturated heterocycles. The summed E-state index contributed by atoms with van der Waals surface area (Å²) in [5, 5.41) is 0. The molecule has 0 aliphatic heterocycles. The minimum atomic E-state index is -4.84. The second kappa shape index (κ2) is 3.10. The third kappa shape index (κ3) is 3.20. The molecule has 0 aromatic rings. The summed E-state index contributed by atoms with van der Waals surface area (Å²) in [6.45, 7) is 0. The van der Waals surface area contributed by atoms with E-state index in [0.717, 1.165) is 0 Å². The average molecular weight is 216 g/mol. The highest BCUT2D eigenvalue weighted by atomic mass is 35.5. The molecule has 8 heteroatoms. The normalized spacial score (nSPS) is 13.0. The molecule has 0 aliphatic rings. The Labute approximate surface area is 67.8 Å². The van der Waals surface area contributed by atoms with E-state index in [-0.39, 0.29) is 0 Å². The fourth-order valence-corrected chi connectivity index (χ4v) is 0.254. The van der Waals surface area contributed by atoms with Gasteiger partial charge in [-0.25, -0.2) is 0 Å². The molecule has 0 aromatic heterocycles. The predicted molar refractivity (Wildman–Crippen MR) is 30.1 cm³/mol. The second-order valence-corrected chi connectivity index (χ2v) is 2.63. The van der Waals surface area contributed by atoms with Crippen molar-refractivity contribution < 1.29 is 22.0 Å². The largest absolute Gasteiger partial charge is 0.408 e. The lowest BCUT2D eigenvalue weighted by Crippen LogP contribution is -2.32. The van der Waals surface area contributed by atoms with Crippen LogP contribution in [0, 0.1) is 0 Å². The molecular formula is C3Cl2F5N. The van der Waals surface area contributed by atoms with Crippen LogP contribution in [0.1, 0.15) is 0 Å². The van der Waals surface area contributed by atoms with Gasteiger partial charge in [0, 0.05) is 0 Å². The summed E-state index contributed by atoms with van der Waals surface area (Å²) >= 11 is 8.35. The zero-order chi connectivity index (χ0) is 9.28. The Morgan fingerprint density at radius 2 is 1.45 bits per heavy atom. The summed E-state index contributed by atoms with van der Waals surface area (Å²) in [7, 11) is 0. The molecule has 0 bridgehead atoms. The van der Waals surface area contributed by atoms with Crippen molar-refractivity contribution in [2.45, 2.75) is 10.6 Å². The Balaban J connectivity index is 4.61. The quantitative estimate of drug-likeness (QED) is 0.291. The van der Waals surface area contributed by atoms with E-state index < -0.39 is 16.9 Å². The van der Waals surface area contributed by atoms with Crippen LogP contribution in [-0.2, 0) is 0 Å². The molecule has 0 heterocycles. The molecule has 0 radical (unpaired) electrons. The minimum Gasteiger partial charge on any atom is -0.199 e.